The van der Waals surface area contributed by atoms with Crippen LogP contribution >= 0.6 is 11.6 Å². The van der Waals surface area contributed by atoms with E-state index in [1.165, 1.54) is 0 Å². The SMILES string of the molecule is CCOc1cc(C=O)cc(Cl)c1OCCOc1cc(C)cc(C)c1. The summed E-state index contributed by atoms with van der Waals surface area (Å²) in [6.45, 7) is 7.05. The van der Waals surface area contributed by atoms with E-state index in [4.69, 9.17) is 25.8 Å². The average molecular weight is 349 g/mol. The Morgan fingerprint density at radius 3 is 2.25 bits per heavy atom. The Kier molecular flexibility index (Phi) is 6.50. The highest BCUT2D eigenvalue weighted by atomic mass is 35.5. The molecule has 0 aliphatic carbocycles. The van der Waals surface area contributed by atoms with Gasteiger partial charge in [0.05, 0.1) is 11.6 Å². The van der Waals surface area contributed by atoms with Gasteiger partial charge < -0.3 is 14.2 Å². The van der Waals surface area contributed by atoms with Crippen molar-refractivity contribution in [1.82, 2.24) is 0 Å². The van der Waals surface area contributed by atoms with E-state index in [2.05, 4.69) is 6.07 Å². The third-order valence-electron chi connectivity index (χ3n) is 3.26. The summed E-state index contributed by atoms with van der Waals surface area (Å²) in [5, 5.41) is 0.342. The van der Waals surface area contributed by atoms with Crippen molar-refractivity contribution in [3.05, 3.63) is 52.0 Å². The van der Waals surface area contributed by atoms with Gasteiger partial charge in [0, 0.05) is 5.56 Å². The maximum atomic E-state index is 10.9. The minimum absolute atomic E-state index is 0.313. The number of carbonyl (C=O) groups excluding carboxylic acids is 1. The highest BCUT2D eigenvalue weighted by Gasteiger charge is 2.12. The van der Waals surface area contributed by atoms with Crippen molar-refractivity contribution in [3.63, 3.8) is 0 Å². The number of aryl methyl sites for hydroxylation is 2. The van der Waals surface area contributed by atoms with Gasteiger partial charge in [0.1, 0.15) is 25.2 Å². The van der Waals surface area contributed by atoms with Gasteiger partial charge in [-0.1, -0.05) is 17.7 Å². The lowest BCUT2D eigenvalue weighted by molar-refractivity contribution is 0.112. The summed E-state index contributed by atoms with van der Waals surface area (Å²) in [5.74, 6) is 1.69. The second kappa shape index (κ2) is 8.60. The molecule has 0 unspecified atom stereocenters. The molecule has 0 aromatic heterocycles. The van der Waals surface area contributed by atoms with E-state index in [9.17, 15) is 4.79 Å². The Balaban J connectivity index is 1.99. The number of benzene rings is 2. The van der Waals surface area contributed by atoms with Crippen LogP contribution < -0.4 is 14.2 Å². The first-order valence-corrected chi connectivity index (χ1v) is 8.16. The number of hydrogen-bond donors (Lipinski definition) is 0. The molecule has 0 fully saturated rings. The summed E-state index contributed by atoms with van der Waals surface area (Å²) >= 11 is 6.18. The fourth-order valence-corrected chi connectivity index (χ4v) is 2.65. The van der Waals surface area contributed by atoms with E-state index in [1.807, 2.05) is 32.9 Å². The van der Waals surface area contributed by atoms with Crippen LogP contribution in [0.5, 0.6) is 17.2 Å². The Morgan fingerprint density at radius 2 is 1.62 bits per heavy atom. The van der Waals surface area contributed by atoms with Gasteiger partial charge in [0.15, 0.2) is 11.5 Å². The standard InChI is InChI=1S/C19H21ClO4/c1-4-22-18-11-15(12-21)10-17(20)19(18)24-6-5-23-16-8-13(2)7-14(3)9-16/h7-12H,4-6H2,1-3H3. The molecular formula is C19H21ClO4. The van der Waals surface area contributed by atoms with Crippen LogP contribution in [0.2, 0.25) is 5.02 Å². The Morgan fingerprint density at radius 1 is 0.958 bits per heavy atom. The minimum atomic E-state index is 0.313. The van der Waals surface area contributed by atoms with Gasteiger partial charge >= 0.3 is 0 Å². The summed E-state index contributed by atoms with van der Waals surface area (Å²) in [7, 11) is 0. The molecular weight excluding hydrogens is 328 g/mol. The van der Waals surface area contributed by atoms with Crippen LogP contribution in [0.3, 0.4) is 0 Å². The van der Waals surface area contributed by atoms with Crippen LogP contribution in [0.4, 0.5) is 0 Å². The molecule has 2 aromatic rings. The average Bonchev–Trinajstić information content (AvgIpc) is 2.52. The van der Waals surface area contributed by atoms with E-state index in [0.717, 1.165) is 23.2 Å². The largest absolute Gasteiger partial charge is 0.490 e. The van der Waals surface area contributed by atoms with Crippen molar-refractivity contribution in [3.8, 4) is 17.2 Å². The smallest absolute Gasteiger partial charge is 0.179 e. The lowest BCUT2D eigenvalue weighted by Gasteiger charge is -2.14. The predicted molar refractivity (Wildman–Crippen MR) is 94.9 cm³/mol. The number of aldehydes is 1. The molecule has 0 radical (unpaired) electrons. The molecule has 0 heterocycles. The van der Waals surface area contributed by atoms with Gasteiger partial charge in [0.25, 0.3) is 0 Å². The molecule has 2 aromatic carbocycles. The molecule has 0 spiro atoms. The van der Waals surface area contributed by atoms with Crippen molar-refractivity contribution in [2.75, 3.05) is 19.8 Å². The number of carbonyl (C=O) groups is 1. The zero-order valence-electron chi connectivity index (χ0n) is 14.1. The highest BCUT2D eigenvalue weighted by Crippen LogP contribution is 2.36. The van der Waals surface area contributed by atoms with E-state index in [0.29, 0.717) is 41.9 Å². The fourth-order valence-electron chi connectivity index (χ4n) is 2.38. The van der Waals surface area contributed by atoms with Crippen LogP contribution in [-0.4, -0.2) is 26.1 Å². The lowest BCUT2D eigenvalue weighted by Crippen LogP contribution is -2.10. The van der Waals surface area contributed by atoms with Crippen molar-refractivity contribution < 1.29 is 19.0 Å². The first-order chi connectivity index (χ1) is 11.5. The van der Waals surface area contributed by atoms with Gasteiger partial charge in [-0.15, -0.1) is 0 Å². The van der Waals surface area contributed by atoms with E-state index >= 15 is 0 Å². The van der Waals surface area contributed by atoms with E-state index in [-0.39, 0.29) is 0 Å². The maximum absolute atomic E-state index is 10.9. The van der Waals surface area contributed by atoms with E-state index in [1.54, 1.807) is 12.1 Å². The third kappa shape index (κ3) is 4.90. The summed E-state index contributed by atoms with van der Waals surface area (Å²) in [6.07, 6.45) is 0.724. The minimum Gasteiger partial charge on any atom is -0.490 e. The molecule has 0 N–H and O–H groups in total. The van der Waals surface area contributed by atoms with Gasteiger partial charge in [-0.05, 0) is 56.2 Å². The molecule has 0 aliphatic heterocycles. The zero-order valence-corrected chi connectivity index (χ0v) is 14.9. The summed E-state index contributed by atoms with van der Waals surface area (Å²) in [6, 6.07) is 9.21. The molecule has 0 bridgehead atoms. The second-order valence-corrected chi connectivity index (χ2v) is 5.81. The lowest BCUT2D eigenvalue weighted by atomic mass is 10.1. The Hall–Kier alpha value is -2.20. The molecule has 24 heavy (non-hydrogen) atoms. The van der Waals surface area contributed by atoms with E-state index < -0.39 is 0 Å². The van der Waals surface area contributed by atoms with Gasteiger partial charge in [0.2, 0.25) is 0 Å². The molecule has 0 aliphatic rings. The van der Waals surface area contributed by atoms with Gasteiger partial charge in [-0.25, -0.2) is 0 Å². The molecule has 0 atom stereocenters. The third-order valence-corrected chi connectivity index (χ3v) is 3.54. The molecule has 0 amide bonds. The molecule has 128 valence electrons. The first kappa shape index (κ1) is 18.1. The van der Waals surface area contributed by atoms with Crippen LogP contribution in [0, 0.1) is 13.8 Å². The monoisotopic (exact) mass is 348 g/mol. The van der Waals surface area contributed by atoms with Crippen LogP contribution in [-0.2, 0) is 0 Å². The number of hydrogen-bond acceptors (Lipinski definition) is 4. The van der Waals surface area contributed by atoms with Crippen molar-refractivity contribution in [2.24, 2.45) is 0 Å². The zero-order chi connectivity index (χ0) is 17.5. The Labute approximate surface area is 147 Å². The van der Waals surface area contributed by atoms with Crippen molar-refractivity contribution >= 4 is 17.9 Å². The fraction of sp³-hybridized carbons (Fsp3) is 0.316. The van der Waals surface area contributed by atoms with Crippen LogP contribution in [0.1, 0.15) is 28.4 Å². The normalized spacial score (nSPS) is 10.3. The quantitative estimate of drug-likeness (QED) is 0.515. The van der Waals surface area contributed by atoms with Crippen LogP contribution in [0.25, 0.3) is 0 Å². The van der Waals surface area contributed by atoms with Crippen molar-refractivity contribution in [2.45, 2.75) is 20.8 Å². The van der Waals surface area contributed by atoms with Crippen LogP contribution in [0.15, 0.2) is 30.3 Å². The summed E-state index contributed by atoms with van der Waals surface area (Å²) in [4.78, 5) is 10.9. The summed E-state index contributed by atoms with van der Waals surface area (Å²) in [5.41, 5.74) is 2.75. The Bertz CT molecular complexity index is 693. The first-order valence-electron chi connectivity index (χ1n) is 7.79. The highest BCUT2D eigenvalue weighted by molar-refractivity contribution is 6.32. The molecule has 0 saturated carbocycles. The summed E-state index contributed by atoms with van der Waals surface area (Å²) < 4.78 is 16.9. The van der Waals surface area contributed by atoms with Gasteiger partial charge in [-0.2, -0.15) is 0 Å². The predicted octanol–water partition coefficient (Wildman–Crippen LogP) is 4.63. The maximum Gasteiger partial charge on any atom is 0.179 e. The number of halogens is 1. The topological polar surface area (TPSA) is 44.8 Å². The molecule has 2 rings (SSSR count). The second-order valence-electron chi connectivity index (χ2n) is 5.40. The molecule has 0 saturated heterocycles. The number of ether oxygens (including phenoxy) is 3. The number of rotatable bonds is 8. The van der Waals surface area contributed by atoms with Crippen molar-refractivity contribution in [1.29, 1.82) is 0 Å². The molecule has 4 nitrogen and oxygen atoms in total. The van der Waals surface area contributed by atoms with Gasteiger partial charge in [-0.3, -0.25) is 4.79 Å². The molecule has 5 heteroatoms.